The van der Waals surface area contributed by atoms with E-state index >= 15 is 0 Å². The van der Waals surface area contributed by atoms with Crippen LogP contribution in [-0.4, -0.2) is 19.7 Å². The average molecular weight is 301 g/mol. The molecule has 0 atom stereocenters. The molecule has 7 heteroatoms. The van der Waals surface area contributed by atoms with Gasteiger partial charge in [0.25, 0.3) is 0 Å². The normalized spacial score (nSPS) is 11.1. The van der Waals surface area contributed by atoms with Gasteiger partial charge in [-0.3, -0.25) is 9.55 Å². The van der Waals surface area contributed by atoms with Gasteiger partial charge in [0.05, 0.1) is 5.52 Å². The second-order valence-corrected chi connectivity index (χ2v) is 5.66. The van der Waals surface area contributed by atoms with Crippen LogP contribution >= 0.6 is 11.8 Å². The number of nitrogen functional groups attached to an aromatic ring is 1. The summed E-state index contributed by atoms with van der Waals surface area (Å²) in [5.41, 5.74) is 7.12. The van der Waals surface area contributed by atoms with E-state index in [2.05, 4.69) is 15.2 Å². The van der Waals surface area contributed by atoms with Gasteiger partial charge in [-0.2, -0.15) is 0 Å². The van der Waals surface area contributed by atoms with Crippen molar-refractivity contribution in [1.82, 2.24) is 19.7 Å². The number of rotatable bonds is 4. The van der Waals surface area contributed by atoms with Crippen LogP contribution in [0.1, 0.15) is 13.3 Å². The highest BCUT2D eigenvalue weighted by Crippen LogP contribution is 2.31. The molecule has 0 saturated carbocycles. The highest BCUT2D eigenvalue weighted by atomic mass is 32.2. The van der Waals surface area contributed by atoms with Crippen LogP contribution in [0.4, 0.5) is 5.69 Å². The predicted octanol–water partition coefficient (Wildman–Crippen LogP) is 2.26. The third kappa shape index (κ3) is 2.64. The van der Waals surface area contributed by atoms with Crippen molar-refractivity contribution in [1.29, 1.82) is 0 Å². The highest BCUT2D eigenvalue weighted by Gasteiger charge is 2.11. The Morgan fingerprint density at radius 3 is 3.05 bits per heavy atom. The molecule has 0 bridgehead atoms. The first kappa shape index (κ1) is 13.7. The van der Waals surface area contributed by atoms with E-state index in [4.69, 9.17) is 5.73 Å². The summed E-state index contributed by atoms with van der Waals surface area (Å²) in [6, 6.07) is 7.54. The maximum atomic E-state index is 11.7. The Kier molecular flexibility index (Phi) is 3.66. The van der Waals surface area contributed by atoms with Crippen molar-refractivity contribution in [3.05, 3.63) is 40.9 Å². The molecule has 3 rings (SSSR count). The lowest BCUT2D eigenvalue weighted by Gasteiger charge is -2.07. The molecule has 2 aromatic heterocycles. The molecule has 0 saturated heterocycles. The maximum absolute atomic E-state index is 11.7. The second kappa shape index (κ2) is 5.61. The largest absolute Gasteiger partial charge is 0.399 e. The SMILES string of the molecule is CCCn1c(Sc2ccnc3cc(N)ccc23)n[nH]c1=O. The van der Waals surface area contributed by atoms with Gasteiger partial charge >= 0.3 is 5.69 Å². The van der Waals surface area contributed by atoms with E-state index in [0.717, 1.165) is 22.2 Å². The van der Waals surface area contributed by atoms with E-state index in [1.807, 2.05) is 31.2 Å². The fourth-order valence-electron chi connectivity index (χ4n) is 2.13. The monoisotopic (exact) mass is 301 g/mol. The number of aromatic amines is 1. The fourth-order valence-corrected chi connectivity index (χ4v) is 3.11. The molecule has 1 aromatic carbocycles. The van der Waals surface area contributed by atoms with Crippen LogP contribution in [0.5, 0.6) is 0 Å². The minimum atomic E-state index is -0.179. The summed E-state index contributed by atoms with van der Waals surface area (Å²) in [5.74, 6) is 0. The minimum Gasteiger partial charge on any atom is -0.399 e. The van der Waals surface area contributed by atoms with E-state index < -0.39 is 0 Å². The third-order valence-electron chi connectivity index (χ3n) is 3.10. The number of fused-ring (bicyclic) bond motifs is 1. The van der Waals surface area contributed by atoms with Gasteiger partial charge in [-0.05, 0) is 42.4 Å². The van der Waals surface area contributed by atoms with Gasteiger partial charge in [-0.15, -0.1) is 5.10 Å². The molecule has 6 nitrogen and oxygen atoms in total. The van der Waals surface area contributed by atoms with E-state index in [-0.39, 0.29) is 5.69 Å². The molecular formula is C14H15N5OS. The number of benzene rings is 1. The number of anilines is 1. The molecule has 3 N–H and O–H groups in total. The van der Waals surface area contributed by atoms with Crippen molar-refractivity contribution in [3.8, 4) is 0 Å². The van der Waals surface area contributed by atoms with Crippen molar-refractivity contribution in [2.24, 2.45) is 0 Å². The van der Waals surface area contributed by atoms with Crippen molar-refractivity contribution in [3.63, 3.8) is 0 Å². The molecule has 0 unspecified atom stereocenters. The summed E-state index contributed by atoms with van der Waals surface area (Å²) >= 11 is 1.45. The summed E-state index contributed by atoms with van der Waals surface area (Å²) < 4.78 is 1.65. The first-order valence-electron chi connectivity index (χ1n) is 6.66. The molecule has 2 heterocycles. The molecule has 0 aliphatic rings. The molecule has 0 aliphatic carbocycles. The van der Waals surface area contributed by atoms with Crippen molar-refractivity contribution >= 4 is 28.4 Å². The van der Waals surface area contributed by atoms with Gasteiger partial charge in [-0.1, -0.05) is 6.92 Å². The second-order valence-electron chi connectivity index (χ2n) is 4.65. The molecule has 0 radical (unpaired) electrons. The zero-order chi connectivity index (χ0) is 14.8. The summed E-state index contributed by atoms with van der Waals surface area (Å²) in [5, 5.41) is 8.25. The van der Waals surface area contributed by atoms with Crippen LogP contribution in [0.25, 0.3) is 10.9 Å². The molecule has 108 valence electrons. The Balaban J connectivity index is 2.04. The van der Waals surface area contributed by atoms with Gasteiger partial charge in [0, 0.05) is 28.7 Å². The lowest BCUT2D eigenvalue weighted by Crippen LogP contribution is -2.17. The van der Waals surface area contributed by atoms with Crippen molar-refractivity contribution in [2.75, 3.05) is 5.73 Å². The Hall–Kier alpha value is -2.28. The van der Waals surface area contributed by atoms with Crippen LogP contribution < -0.4 is 11.4 Å². The quantitative estimate of drug-likeness (QED) is 0.721. The Morgan fingerprint density at radius 2 is 2.24 bits per heavy atom. The first-order valence-corrected chi connectivity index (χ1v) is 7.48. The van der Waals surface area contributed by atoms with Crippen molar-refractivity contribution < 1.29 is 0 Å². The number of nitrogens with one attached hydrogen (secondary N) is 1. The lowest BCUT2D eigenvalue weighted by atomic mass is 10.2. The Bertz CT molecular complexity index is 839. The van der Waals surface area contributed by atoms with Gasteiger partial charge in [0.15, 0.2) is 5.16 Å². The van der Waals surface area contributed by atoms with E-state index in [0.29, 0.717) is 17.4 Å². The standard InChI is InChI=1S/C14H15N5OS/c1-2-7-19-13(20)17-18-14(19)21-12-5-6-16-11-8-9(15)3-4-10(11)12/h3-6,8H,2,7,15H2,1H3,(H,17,20). The van der Waals surface area contributed by atoms with Gasteiger partial charge in [0.2, 0.25) is 0 Å². The van der Waals surface area contributed by atoms with Gasteiger partial charge in [0.1, 0.15) is 0 Å². The van der Waals surface area contributed by atoms with E-state index in [1.54, 1.807) is 10.8 Å². The number of hydrogen-bond donors (Lipinski definition) is 2. The summed E-state index contributed by atoms with van der Waals surface area (Å²) in [4.78, 5) is 17.0. The first-order chi connectivity index (χ1) is 10.2. The lowest BCUT2D eigenvalue weighted by molar-refractivity contribution is 0.604. The average Bonchev–Trinajstić information content (AvgIpc) is 2.81. The molecule has 0 spiro atoms. The Labute approximate surface area is 125 Å². The zero-order valence-electron chi connectivity index (χ0n) is 11.5. The van der Waals surface area contributed by atoms with Crippen LogP contribution in [0.2, 0.25) is 0 Å². The summed E-state index contributed by atoms with van der Waals surface area (Å²) in [7, 11) is 0. The van der Waals surface area contributed by atoms with Crippen LogP contribution in [0.3, 0.4) is 0 Å². The topological polar surface area (TPSA) is 89.6 Å². The van der Waals surface area contributed by atoms with Crippen LogP contribution in [-0.2, 0) is 6.54 Å². The number of pyridine rings is 1. The van der Waals surface area contributed by atoms with Gasteiger partial charge in [-0.25, -0.2) is 9.89 Å². The van der Waals surface area contributed by atoms with Gasteiger partial charge < -0.3 is 5.73 Å². The number of nitrogens with two attached hydrogens (primary N) is 1. The molecule has 21 heavy (non-hydrogen) atoms. The predicted molar refractivity (Wildman–Crippen MR) is 83.4 cm³/mol. The smallest absolute Gasteiger partial charge is 0.343 e. The Morgan fingerprint density at radius 1 is 1.38 bits per heavy atom. The molecule has 3 aromatic rings. The van der Waals surface area contributed by atoms with Crippen LogP contribution in [0, 0.1) is 0 Å². The van der Waals surface area contributed by atoms with E-state index in [9.17, 15) is 4.79 Å². The number of nitrogens with zero attached hydrogens (tertiary/aromatic N) is 3. The fraction of sp³-hybridized carbons (Fsp3) is 0.214. The summed E-state index contributed by atoms with van der Waals surface area (Å²) in [6.07, 6.45) is 2.61. The minimum absolute atomic E-state index is 0.179. The molecule has 0 amide bonds. The van der Waals surface area contributed by atoms with E-state index in [1.165, 1.54) is 11.8 Å². The number of aromatic nitrogens is 4. The number of hydrogen-bond acceptors (Lipinski definition) is 5. The maximum Gasteiger partial charge on any atom is 0.343 e. The number of H-pyrrole nitrogens is 1. The zero-order valence-corrected chi connectivity index (χ0v) is 12.4. The third-order valence-corrected chi connectivity index (χ3v) is 4.17. The molecule has 0 fully saturated rings. The highest BCUT2D eigenvalue weighted by molar-refractivity contribution is 7.99. The molecular weight excluding hydrogens is 286 g/mol. The van der Waals surface area contributed by atoms with Crippen LogP contribution in [0.15, 0.2) is 45.3 Å². The van der Waals surface area contributed by atoms with Crippen molar-refractivity contribution in [2.45, 2.75) is 29.9 Å². The molecule has 0 aliphatic heterocycles. The summed E-state index contributed by atoms with van der Waals surface area (Å²) in [6.45, 7) is 2.67.